The number of fused-ring (bicyclic) bond motifs is 4. The molecule has 5 rings (SSSR count). The van der Waals surface area contributed by atoms with Crippen LogP contribution >= 0.6 is 23.2 Å². The molecule has 2 saturated heterocycles. The molecule has 0 spiro atoms. The van der Waals surface area contributed by atoms with E-state index in [9.17, 15) is 13.6 Å². The quantitative estimate of drug-likeness (QED) is 0.441. The molecule has 1 saturated carbocycles. The van der Waals surface area contributed by atoms with Crippen molar-refractivity contribution in [3.8, 4) is 0 Å². The van der Waals surface area contributed by atoms with Crippen LogP contribution in [0.15, 0.2) is 52.1 Å². The summed E-state index contributed by atoms with van der Waals surface area (Å²) in [6.07, 6.45) is 12.9. The number of nitrogens with one attached hydrogen (secondary N) is 1. The summed E-state index contributed by atoms with van der Waals surface area (Å²) in [5, 5.41) is 4.21. The Kier molecular flexibility index (Phi) is 7.80. The molecule has 0 aromatic heterocycles. The van der Waals surface area contributed by atoms with Crippen molar-refractivity contribution in [2.75, 3.05) is 11.9 Å². The van der Waals surface area contributed by atoms with Gasteiger partial charge in [0.2, 0.25) is 0 Å². The first-order chi connectivity index (χ1) is 15.9. The molecule has 3 nitrogen and oxygen atoms in total. The maximum atomic E-state index is 13.5. The predicted molar refractivity (Wildman–Crippen MR) is 130 cm³/mol. The van der Waals surface area contributed by atoms with E-state index in [1.54, 1.807) is 0 Å². The van der Waals surface area contributed by atoms with Gasteiger partial charge in [-0.1, -0.05) is 42.3 Å². The smallest absolute Gasteiger partial charge is 0.322 e. The number of carbonyl (C=O) groups is 1. The minimum atomic E-state index is -0.969. The van der Waals surface area contributed by atoms with Crippen LogP contribution < -0.4 is 5.32 Å². The number of allylic oxidation sites excluding steroid dienone is 6. The van der Waals surface area contributed by atoms with Crippen LogP contribution in [0.1, 0.15) is 51.9 Å². The van der Waals surface area contributed by atoms with Crippen LogP contribution in [0.5, 0.6) is 0 Å². The van der Waals surface area contributed by atoms with Gasteiger partial charge in [-0.15, -0.1) is 0 Å². The zero-order chi connectivity index (χ0) is 23.5. The molecule has 1 N–H and O–H groups in total. The number of hydrogen-bond acceptors (Lipinski definition) is 1. The molecule has 4 aliphatic rings. The fraction of sp³-hybridized carbons (Fsp3) is 0.500. The second kappa shape index (κ2) is 10.6. The molecular formula is C26H30Cl2F2N2O. The third-order valence-electron chi connectivity index (χ3n) is 7.39. The average molecular weight is 495 g/mol. The van der Waals surface area contributed by atoms with Crippen molar-refractivity contribution < 1.29 is 13.6 Å². The van der Waals surface area contributed by atoms with E-state index in [2.05, 4.69) is 24.4 Å². The maximum Gasteiger partial charge on any atom is 0.322 e. The Balaban J connectivity index is 1.40. The summed E-state index contributed by atoms with van der Waals surface area (Å²) in [5.41, 5.74) is 1.28. The van der Waals surface area contributed by atoms with Crippen LogP contribution in [0.3, 0.4) is 0 Å². The highest BCUT2D eigenvalue weighted by Crippen LogP contribution is 2.43. The Labute approximate surface area is 204 Å². The third kappa shape index (κ3) is 5.63. The van der Waals surface area contributed by atoms with Gasteiger partial charge in [0.25, 0.3) is 0 Å². The highest BCUT2D eigenvalue weighted by atomic mass is 35.5. The van der Waals surface area contributed by atoms with Crippen molar-refractivity contribution in [2.45, 2.75) is 57.9 Å². The topological polar surface area (TPSA) is 32.3 Å². The summed E-state index contributed by atoms with van der Waals surface area (Å²) in [4.78, 5) is 14.8. The van der Waals surface area contributed by atoms with Gasteiger partial charge >= 0.3 is 6.03 Å². The van der Waals surface area contributed by atoms with Crippen LogP contribution in [-0.2, 0) is 0 Å². The van der Waals surface area contributed by atoms with Crippen molar-refractivity contribution in [1.82, 2.24) is 4.90 Å². The van der Waals surface area contributed by atoms with E-state index in [-0.39, 0.29) is 17.8 Å². The lowest BCUT2D eigenvalue weighted by molar-refractivity contribution is 0.160. The Hall–Kier alpha value is -1.85. The normalized spacial score (nSPS) is 27.3. The number of nitrogens with zero attached hydrogens (tertiary/aromatic N) is 1. The van der Waals surface area contributed by atoms with E-state index in [0.29, 0.717) is 24.3 Å². The summed E-state index contributed by atoms with van der Waals surface area (Å²) in [6.45, 7) is 2.80. The summed E-state index contributed by atoms with van der Waals surface area (Å²) in [7, 11) is 0. The zero-order valence-electron chi connectivity index (χ0n) is 18.8. The molecule has 3 fully saturated rings. The van der Waals surface area contributed by atoms with Crippen LogP contribution in [0.25, 0.3) is 0 Å². The number of urea groups is 1. The lowest BCUT2D eigenvalue weighted by Crippen LogP contribution is -2.43. The molecule has 1 aromatic rings. The number of benzene rings is 1. The number of carbonyl (C=O) groups excluding carboxylic acids is 1. The van der Waals surface area contributed by atoms with Crippen LogP contribution in [0.2, 0.25) is 0 Å². The monoisotopic (exact) mass is 494 g/mol. The van der Waals surface area contributed by atoms with Crippen LogP contribution in [0, 0.1) is 29.4 Å². The maximum absolute atomic E-state index is 13.5. The molecule has 1 aromatic carbocycles. The minimum Gasteiger partial charge on any atom is -0.322 e. The van der Waals surface area contributed by atoms with Crippen LogP contribution in [0.4, 0.5) is 19.3 Å². The highest BCUT2D eigenvalue weighted by molar-refractivity contribution is 6.36. The van der Waals surface area contributed by atoms with Crippen molar-refractivity contribution in [3.05, 3.63) is 63.7 Å². The van der Waals surface area contributed by atoms with E-state index in [1.807, 2.05) is 11.0 Å². The Morgan fingerprint density at radius 2 is 2.00 bits per heavy atom. The molecule has 7 heteroatoms. The van der Waals surface area contributed by atoms with Gasteiger partial charge in [-0.3, -0.25) is 0 Å². The zero-order valence-corrected chi connectivity index (χ0v) is 20.3. The Morgan fingerprint density at radius 3 is 2.76 bits per heavy atom. The number of hydrogen-bond donors (Lipinski definition) is 1. The van der Waals surface area contributed by atoms with Gasteiger partial charge in [0.1, 0.15) is 0 Å². The summed E-state index contributed by atoms with van der Waals surface area (Å²) in [6, 6.07) is 3.33. The third-order valence-corrected chi connectivity index (χ3v) is 8.10. The molecule has 4 unspecified atom stereocenters. The number of halogens is 4. The van der Waals surface area contributed by atoms with E-state index in [1.165, 1.54) is 6.07 Å². The molecule has 4 atom stereocenters. The lowest BCUT2D eigenvalue weighted by Gasteiger charge is -2.36. The fourth-order valence-corrected chi connectivity index (χ4v) is 6.11. The summed E-state index contributed by atoms with van der Waals surface area (Å²) >= 11 is 13.2. The second-order valence-corrected chi connectivity index (χ2v) is 10.2. The predicted octanol–water partition coefficient (Wildman–Crippen LogP) is 7.98. The van der Waals surface area contributed by atoms with Crippen molar-refractivity contribution in [1.29, 1.82) is 0 Å². The Morgan fingerprint density at radius 1 is 1.18 bits per heavy atom. The first-order valence-corrected chi connectivity index (χ1v) is 12.6. The molecule has 2 aliphatic carbocycles. The molecule has 2 amide bonds. The molecule has 178 valence electrons. The van der Waals surface area contributed by atoms with Gasteiger partial charge in [0.15, 0.2) is 11.6 Å². The largest absolute Gasteiger partial charge is 0.322 e. The molecule has 2 bridgehead atoms. The standard InChI is InChI=1S/C26H30Cl2F2N2O/c1-2-16-3-9-22(27)21(23(28)13-16)8-5-18-14-20-7-4-17(18)11-12-32(20)26(33)31-19-6-10-24(29)25(30)15-19/h3,6,9-10,13,15-18,20H,2,4-5,7-8,11-12,14H2,1H3,(H,31,33). The minimum absolute atomic E-state index is 0.146. The van der Waals surface area contributed by atoms with Crippen LogP contribution in [-0.4, -0.2) is 23.5 Å². The molecule has 2 aliphatic heterocycles. The van der Waals surface area contributed by atoms with Gasteiger partial charge in [0.05, 0.1) is 0 Å². The molecule has 33 heavy (non-hydrogen) atoms. The second-order valence-electron chi connectivity index (χ2n) is 9.34. The van der Waals surface area contributed by atoms with Crippen molar-refractivity contribution >= 4 is 34.9 Å². The Bertz CT molecular complexity index is 991. The number of anilines is 1. The number of amides is 2. The van der Waals surface area contributed by atoms with E-state index >= 15 is 0 Å². The van der Waals surface area contributed by atoms with Crippen molar-refractivity contribution in [2.24, 2.45) is 17.8 Å². The lowest BCUT2D eigenvalue weighted by atomic mass is 9.74. The van der Waals surface area contributed by atoms with E-state index in [0.717, 1.165) is 72.7 Å². The first kappa shape index (κ1) is 24.3. The summed E-state index contributed by atoms with van der Waals surface area (Å²) in [5.74, 6) is -0.526. The average Bonchev–Trinajstić information content (AvgIpc) is 3.17. The SMILES string of the molecule is CCC1C=CC(Cl)=C(CCC2CC3CCC2CCN3C(=O)Nc2ccc(F)c(F)c2)C(Cl)=C1. The van der Waals surface area contributed by atoms with Gasteiger partial charge in [-0.2, -0.15) is 0 Å². The van der Waals surface area contributed by atoms with Gasteiger partial charge in [-0.05, 0) is 86.5 Å². The number of rotatable bonds is 5. The fourth-order valence-electron chi connectivity index (χ4n) is 5.43. The van der Waals surface area contributed by atoms with Gasteiger partial charge < -0.3 is 10.2 Å². The van der Waals surface area contributed by atoms with E-state index in [4.69, 9.17) is 23.2 Å². The molecular weight excluding hydrogens is 465 g/mol. The highest BCUT2D eigenvalue weighted by Gasteiger charge is 2.39. The van der Waals surface area contributed by atoms with E-state index < -0.39 is 11.6 Å². The van der Waals surface area contributed by atoms with Gasteiger partial charge in [-0.25, -0.2) is 13.6 Å². The first-order valence-electron chi connectivity index (χ1n) is 11.8. The molecule has 2 heterocycles. The summed E-state index contributed by atoms with van der Waals surface area (Å²) < 4.78 is 26.7. The van der Waals surface area contributed by atoms with Crippen molar-refractivity contribution in [3.63, 3.8) is 0 Å². The van der Waals surface area contributed by atoms with Gasteiger partial charge in [0, 0.05) is 34.4 Å². The molecule has 0 radical (unpaired) electrons.